The average molecular weight is 476 g/mol. The molecule has 0 N–H and O–H groups in total. The van der Waals surface area contributed by atoms with Crippen molar-refractivity contribution in [2.24, 2.45) is 0 Å². The molecule has 2 aromatic carbocycles. The first-order chi connectivity index (χ1) is 13.9. The summed E-state index contributed by atoms with van der Waals surface area (Å²) in [5, 5.41) is 0. The number of aromatic nitrogens is 1. The first-order valence-electron chi connectivity index (χ1n) is 9.52. The maximum absolute atomic E-state index is 13.0. The molecule has 29 heavy (non-hydrogen) atoms. The lowest BCUT2D eigenvalue weighted by atomic mass is 10.1. The van der Waals surface area contributed by atoms with E-state index in [-0.39, 0.29) is 11.2 Å². The second-order valence-corrected chi connectivity index (χ2v) is 9.73. The summed E-state index contributed by atoms with van der Waals surface area (Å²) in [5.74, 6) is 0.742. The molecule has 3 aromatic rings. The van der Waals surface area contributed by atoms with Crippen molar-refractivity contribution in [3.05, 3.63) is 71.0 Å². The molecule has 1 atom stereocenters. The normalized spacial score (nSPS) is 17.2. The van der Waals surface area contributed by atoms with Crippen molar-refractivity contribution >= 4 is 26.0 Å². The minimum atomic E-state index is -3.67. The monoisotopic (exact) mass is 475 g/mol. The lowest BCUT2D eigenvalue weighted by Crippen LogP contribution is -2.24. The third-order valence-corrected chi connectivity index (χ3v) is 7.45. The molecule has 0 saturated carbocycles. The lowest BCUT2D eigenvalue weighted by molar-refractivity contribution is -0.105. The summed E-state index contributed by atoms with van der Waals surface area (Å²) in [4.78, 5) is 0.252. The molecule has 7 heteroatoms. The van der Waals surface area contributed by atoms with Gasteiger partial charge >= 0.3 is 0 Å². The summed E-state index contributed by atoms with van der Waals surface area (Å²) in [5.41, 5.74) is 2.71. The number of ether oxygens (including phenoxy) is 2. The number of hydrogen-bond acceptors (Lipinski definition) is 4. The van der Waals surface area contributed by atoms with Crippen LogP contribution in [0, 0.1) is 6.92 Å². The van der Waals surface area contributed by atoms with Gasteiger partial charge in [-0.2, -0.15) is 0 Å². The first-order valence-corrected chi connectivity index (χ1v) is 11.8. The van der Waals surface area contributed by atoms with Crippen molar-refractivity contribution in [1.29, 1.82) is 0 Å². The molecule has 152 valence electrons. The molecule has 1 saturated heterocycles. The Hall–Kier alpha value is -2.09. The minimum Gasteiger partial charge on any atom is -0.465 e. The van der Waals surface area contributed by atoms with Crippen molar-refractivity contribution in [3.8, 4) is 16.9 Å². The van der Waals surface area contributed by atoms with Crippen LogP contribution in [0.25, 0.3) is 11.1 Å². The molecule has 4 rings (SSSR count). The molecule has 1 aliphatic heterocycles. The molecule has 1 fully saturated rings. The molecule has 0 aliphatic carbocycles. The maximum Gasteiger partial charge on any atom is 0.268 e. The summed E-state index contributed by atoms with van der Waals surface area (Å²) in [7, 11) is -3.67. The Labute approximate surface area is 179 Å². The molecule has 2 heterocycles. The molecule has 5 nitrogen and oxygen atoms in total. The summed E-state index contributed by atoms with van der Waals surface area (Å²) in [6, 6.07) is 16.2. The van der Waals surface area contributed by atoms with Crippen LogP contribution in [0.5, 0.6) is 5.75 Å². The second-order valence-electron chi connectivity index (χ2n) is 7.10. The molecule has 0 radical (unpaired) electrons. The van der Waals surface area contributed by atoms with Crippen LogP contribution in [0.2, 0.25) is 0 Å². The van der Waals surface area contributed by atoms with Gasteiger partial charge in [0.1, 0.15) is 10.4 Å². The van der Waals surface area contributed by atoms with Crippen molar-refractivity contribution in [3.63, 3.8) is 0 Å². The van der Waals surface area contributed by atoms with E-state index in [1.807, 2.05) is 31.2 Å². The Morgan fingerprint density at radius 2 is 1.76 bits per heavy atom. The van der Waals surface area contributed by atoms with Crippen LogP contribution >= 0.6 is 15.9 Å². The van der Waals surface area contributed by atoms with E-state index in [1.54, 1.807) is 36.5 Å². The molecule has 0 spiro atoms. The highest BCUT2D eigenvalue weighted by Crippen LogP contribution is 2.30. The fraction of sp³-hybridized carbons (Fsp3) is 0.273. The van der Waals surface area contributed by atoms with Crippen molar-refractivity contribution in [2.45, 2.75) is 37.4 Å². The van der Waals surface area contributed by atoms with Crippen molar-refractivity contribution in [1.82, 2.24) is 3.97 Å². The van der Waals surface area contributed by atoms with Crippen LogP contribution in [-0.2, 0) is 14.8 Å². The van der Waals surface area contributed by atoms with Gasteiger partial charge in [0.05, 0.1) is 11.5 Å². The van der Waals surface area contributed by atoms with Gasteiger partial charge in [0, 0.05) is 18.2 Å². The Kier molecular flexibility index (Phi) is 5.81. The number of aryl methyl sites for hydroxylation is 1. The molecule has 1 unspecified atom stereocenters. The van der Waals surface area contributed by atoms with Crippen LogP contribution in [0.15, 0.2) is 70.3 Å². The van der Waals surface area contributed by atoms with Gasteiger partial charge in [-0.3, -0.25) is 0 Å². The Bertz CT molecular complexity index is 1080. The number of halogens is 1. The van der Waals surface area contributed by atoms with Gasteiger partial charge in [0.25, 0.3) is 10.0 Å². The third kappa shape index (κ3) is 4.42. The fourth-order valence-corrected chi connectivity index (χ4v) is 5.43. The zero-order chi connectivity index (χ0) is 20.4. The highest BCUT2D eigenvalue weighted by molar-refractivity contribution is 9.10. The van der Waals surface area contributed by atoms with Crippen LogP contribution in [0.3, 0.4) is 0 Å². The minimum absolute atomic E-state index is 0.190. The Balaban J connectivity index is 1.56. The second kappa shape index (κ2) is 8.34. The van der Waals surface area contributed by atoms with E-state index >= 15 is 0 Å². The molecular weight excluding hydrogens is 454 g/mol. The number of rotatable bonds is 5. The highest BCUT2D eigenvalue weighted by Gasteiger charge is 2.20. The predicted octanol–water partition coefficient (Wildman–Crippen LogP) is 5.37. The average Bonchev–Trinajstić information content (AvgIpc) is 3.12. The summed E-state index contributed by atoms with van der Waals surface area (Å²) >= 11 is 3.38. The van der Waals surface area contributed by atoms with Gasteiger partial charge < -0.3 is 9.47 Å². The van der Waals surface area contributed by atoms with Gasteiger partial charge in [-0.15, -0.1) is 0 Å². The van der Waals surface area contributed by atoms with Crippen molar-refractivity contribution < 1.29 is 17.9 Å². The maximum atomic E-state index is 13.0. The van der Waals surface area contributed by atoms with E-state index in [4.69, 9.17) is 9.47 Å². The van der Waals surface area contributed by atoms with Gasteiger partial charge in [0.15, 0.2) is 6.29 Å². The SMILES string of the molecule is Cc1ccc(S(=O)(=O)n2cc(-c3ccc(OC4CCCCO4)cc3)cc2Br)cc1. The molecule has 1 aliphatic rings. The largest absolute Gasteiger partial charge is 0.465 e. The highest BCUT2D eigenvalue weighted by atomic mass is 79.9. The lowest BCUT2D eigenvalue weighted by Gasteiger charge is -2.23. The first kappa shape index (κ1) is 20.2. The topological polar surface area (TPSA) is 57.5 Å². The van der Waals surface area contributed by atoms with E-state index in [1.165, 1.54) is 3.97 Å². The Morgan fingerprint density at radius 1 is 1.03 bits per heavy atom. The van der Waals surface area contributed by atoms with Gasteiger partial charge in [-0.05, 0) is 71.6 Å². The number of hydrogen-bond donors (Lipinski definition) is 0. The molecular formula is C22H22BrNO4S. The summed E-state index contributed by atoms with van der Waals surface area (Å²) in [6.07, 6.45) is 4.52. The van der Waals surface area contributed by atoms with Crippen LogP contribution in [0.1, 0.15) is 24.8 Å². The smallest absolute Gasteiger partial charge is 0.268 e. The van der Waals surface area contributed by atoms with Crippen molar-refractivity contribution in [2.75, 3.05) is 6.61 Å². The summed E-state index contributed by atoms with van der Waals surface area (Å²) in [6.45, 7) is 2.66. The molecule has 0 bridgehead atoms. The zero-order valence-corrected chi connectivity index (χ0v) is 18.4. The standard InChI is InChI=1S/C22H22BrNO4S/c1-16-5-11-20(12-6-16)29(25,26)24-15-18(14-21(24)23)17-7-9-19(10-8-17)28-22-4-2-3-13-27-22/h5-12,14-15,22H,2-4,13H2,1H3. The van der Waals surface area contributed by atoms with Crippen LogP contribution in [-0.4, -0.2) is 25.3 Å². The molecule has 0 amide bonds. The van der Waals surface area contributed by atoms with E-state index in [9.17, 15) is 8.42 Å². The van der Waals surface area contributed by atoms with E-state index in [0.717, 1.165) is 48.3 Å². The predicted molar refractivity (Wildman–Crippen MR) is 116 cm³/mol. The quantitative estimate of drug-likeness (QED) is 0.497. The third-order valence-electron chi connectivity index (χ3n) is 4.91. The number of benzene rings is 2. The number of nitrogens with zero attached hydrogens (tertiary/aromatic N) is 1. The van der Waals surface area contributed by atoms with Crippen LogP contribution in [0.4, 0.5) is 0 Å². The van der Waals surface area contributed by atoms with Gasteiger partial charge in [0.2, 0.25) is 0 Å². The summed E-state index contributed by atoms with van der Waals surface area (Å²) < 4.78 is 39.2. The zero-order valence-electron chi connectivity index (χ0n) is 16.0. The van der Waals surface area contributed by atoms with Crippen LogP contribution < -0.4 is 4.74 Å². The van der Waals surface area contributed by atoms with E-state index in [0.29, 0.717) is 4.60 Å². The Morgan fingerprint density at radius 3 is 2.41 bits per heavy atom. The fourth-order valence-electron chi connectivity index (χ4n) is 3.26. The van der Waals surface area contributed by atoms with E-state index < -0.39 is 10.0 Å². The van der Waals surface area contributed by atoms with Gasteiger partial charge in [-0.1, -0.05) is 29.8 Å². The van der Waals surface area contributed by atoms with Gasteiger partial charge in [-0.25, -0.2) is 12.4 Å². The molecule has 1 aromatic heterocycles. The van der Waals surface area contributed by atoms with E-state index in [2.05, 4.69) is 15.9 Å².